The molecule has 2 N–H and O–H groups in total. The van der Waals surface area contributed by atoms with Crippen LogP contribution in [0.1, 0.15) is 12.0 Å². The second-order valence-corrected chi connectivity index (χ2v) is 6.20. The van der Waals surface area contributed by atoms with Crippen LogP contribution < -0.4 is 14.8 Å². The lowest BCUT2D eigenvalue weighted by Gasteiger charge is -2.24. The highest BCUT2D eigenvalue weighted by Gasteiger charge is 2.43. The van der Waals surface area contributed by atoms with E-state index >= 15 is 0 Å². The normalized spacial score (nSPS) is 20.5. The predicted octanol–water partition coefficient (Wildman–Crippen LogP) is 1.32. The number of rotatable bonds is 6. The predicted molar refractivity (Wildman–Crippen MR) is 83.7 cm³/mol. The summed E-state index contributed by atoms with van der Waals surface area (Å²) in [7, 11) is 3.07. The van der Waals surface area contributed by atoms with Crippen LogP contribution in [0.25, 0.3) is 0 Å². The number of carboxylic acids is 1. The molecule has 1 unspecified atom stereocenters. The summed E-state index contributed by atoms with van der Waals surface area (Å²) in [5.74, 6) is 0.993. The van der Waals surface area contributed by atoms with Gasteiger partial charge in [-0.2, -0.15) is 11.8 Å². The fourth-order valence-corrected chi connectivity index (χ4v) is 3.72. The molecule has 120 valence electrons. The molecule has 0 spiro atoms. The van der Waals surface area contributed by atoms with E-state index in [1.54, 1.807) is 25.3 Å². The number of carboxylic acid groups (broad SMARTS) is 1. The Hall–Kier alpha value is -1.89. The van der Waals surface area contributed by atoms with E-state index in [1.165, 1.54) is 18.9 Å². The third kappa shape index (κ3) is 3.47. The average molecular weight is 325 g/mol. The van der Waals surface area contributed by atoms with E-state index in [1.807, 2.05) is 0 Å². The minimum absolute atomic E-state index is 0.0417. The van der Waals surface area contributed by atoms with Gasteiger partial charge in [-0.25, -0.2) is 4.79 Å². The molecule has 2 rings (SSSR count). The first kappa shape index (κ1) is 16.5. The van der Waals surface area contributed by atoms with Crippen LogP contribution in [0.15, 0.2) is 18.2 Å². The maximum atomic E-state index is 12.3. The molecule has 22 heavy (non-hydrogen) atoms. The molecule has 0 aliphatic carbocycles. The molecule has 7 heteroatoms. The number of hydrogen-bond donors (Lipinski definition) is 2. The molecule has 0 saturated carbocycles. The Labute approximate surface area is 133 Å². The highest BCUT2D eigenvalue weighted by atomic mass is 32.2. The van der Waals surface area contributed by atoms with E-state index < -0.39 is 11.5 Å². The van der Waals surface area contributed by atoms with Gasteiger partial charge in [0.25, 0.3) is 0 Å². The fourth-order valence-electron chi connectivity index (χ4n) is 2.39. The first-order valence-electron chi connectivity index (χ1n) is 6.84. The van der Waals surface area contributed by atoms with Crippen LogP contribution in [0, 0.1) is 0 Å². The van der Waals surface area contributed by atoms with Crippen LogP contribution in [0.5, 0.6) is 11.5 Å². The van der Waals surface area contributed by atoms with E-state index in [-0.39, 0.29) is 12.3 Å². The van der Waals surface area contributed by atoms with Gasteiger partial charge in [0.1, 0.15) is 17.0 Å². The van der Waals surface area contributed by atoms with Crippen molar-refractivity contribution in [2.45, 2.75) is 18.4 Å². The lowest BCUT2D eigenvalue weighted by Crippen LogP contribution is -2.55. The molecule has 1 aliphatic heterocycles. The molecule has 1 saturated heterocycles. The summed E-state index contributed by atoms with van der Waals surface area (Å²) >= 11 is 1.53. The van der Waals surface area contributed by atoms with E-state index in [9.17, 15) is 14.7 Å². The van der Waals surface area contributed by atoms with Gasteiger partial charge >= 0.3 is 5.97 Å². The zero-order valence-corrected chi connectivity index (χ0v) is 13.4. The third-order valence-electron chi connectivity index (χ3n) is 3.65. The van der Waals surface area contributed by atoms with Gasteiger partial charge in [-0.1, -0.05) is 0 Å². The molecule has 1 aromatic rings. The summed E-state index contributed by atoms with van der Waals surface area (Å²) in [4.78, 5) is 23.7. The van der Waals surface area contributed by atoms with Gasteiger partial charge in [-0.05, 0) is 30.4 Å². The van der Waals surface area contributed by atoms with Crippen molar-refractivity contribution in [3.05, 3.63) is 23.8 Å². The smallest absolute Gasteiger partial charge is 0.330 e. The number of amides is 1. The largest absolute Gasteiger partial charge is 0.497 e. The van der Waals surface area contributed by atoms with Gasteiger partial charge in [0.05, 0.1) is 20.6 Å². The summed E-state index contributed by atoms with van der Waals surface area (Å²) in [6, 6.07) is 5.18. The number of carbonyl (C=O) groups is 2. The first-order chi connectivity index (χ1) is 10.5. The number of methoxy groups -OCH3 is 2. The SMILES string of the molecule is COc1ccc(OC)c(CC(=O)NC2(C(=O)O)CCSC2)c1. The van der Waals surface area contributed by atoms with Gasteiger partial charge in [0.15, 0.2) is 0 Å². The zero-order chi connectivity index (χ0) is 16.2. The Morgan fingerprint density at radius 3 is 2.68 bits per heavy atom. The zero-order valence-electron chi connectivity index (χ0n) is 12.5. The van der Waals surface area contributed by atoms with Gasteiger partial charge in [-0.3, -0.25) is 4.79 Å². The number of benzene rings is 1. The Morgan fingerprint density at radius 1 is 1.36 bits per heavy atom. The first-order valence-corrected chi connectivity index (χ1v) is 7.99. The number of aliphatic carboxylic acids is 1. The molecule has 0 aromatic heterocycles. The fraction of sp³-hybridized carbons (Fsp3) is 0.467. The Kier molecular flexibility index (Phi) is 5.18. The minimum Gasteiger partial charge on any atom is -0.497 e. The average Bonchev–Trinajstić information content (AvgIpc) is 2.96. The number of hydrogen-bond acceptors (Lipinski definition) is 5. The van der Waals surface area contributed by atoms with Crippen molar-refractivity contribution >= 4 is 23.6 Å². The number of carbonyl (C=O) groups excluding carboxylic acids is 1. The summed E-state index contributed by atoms with van der Waals surface area (Å²) in [5.41, 5.74) is -0.501. The molecule has 1 aliphatic rings. The van der Waals surface area contributed by atoms with Crippen molar-refractivity contribution < 1.29 is 24.2 Å². The third-order valence-corrected chi connectivity index (χ3v) is 4.84. The molecule has 1 amide bonds. The van der Waals surface area contributed by atoms with Gasteiger partial charge in [-0.15, -0.1) is 0 Å². The van der Waals surface area contributed by atoms with Crippen LogP contribution >= 0.6 is 11.8 Å². The van der Waals surface area contributed by atoms with E-state index in [4.69, 9.17) is 9.47 Å². The molecular formula is C15H19NO5S. The van der Waals surface area contributed by atoms with Gasteiger partial charge in [0.2, 0.25) is 5.91 Å². The summed E-state index contributed by atoms with van der Waals surface area (Å²) < 4.78 is 10.4. The molecule has 1 heterocycles. The number of nitrogens with one attached hydrogen (secondary N) is 1. The Balaban J connectivity index is 2.13. The second-order valence-electron chi connectivity index (χ2n) is 5.09. The van der Waals surface area contributed by atoms with Crippen LogP contribution in [-0.2, 0) is 16.0 Å². The summed E-state index contributed by atoms with van der Waals surface area (Å²) in [6.07, 6.45) is 0.480. The molecule has 1 aromatic carbocycles. The van der Waals surface area contributed by atoms with Crippen molar-refractivity contribution in [3.8, 4) is 11.5 Å². The van der Waals surface area contributed by atoms with Gasteiger partial charge in [0, 0.05) is 11.3 Å². The molecular weight excluding hydrogens is 306 g/mol. The minimum atomic E-state index is -1.16. The maximum Gasteiger partial charge on any atom is 0.330 e. The summed E-state index contributed by atoms with van der Waals surface area (Å²) in [6.45, 7) is 0. The van der Waals surface area contributed by atoms with Crippen molar-refractivity contribution in [1.82, 2.24) is 5.32 Å². The van der Waals surface area contributed by atoms with Gasteiger partial charge < -0.3 is 19.9 Å². The van der Waals surface area contributed by atoms with Crippen LogP contribution in [0.4, 0.5) is 0 Å². The van der Waals surface area contributed by atoms with Crippen molar-refractivity contribution in [2.75, 3.05) is 25.7 Å². The molecule has 0 radical (unpaired) electrons. The maximum absolute atomic E-state index is 12.3. The Bertz CT molecular complexity index is 569. The quantitative estimate of drug-likeness (QED) is 0.821. The lowest BCUT2D eigenvalue weighted by atomic mass is 9.98. The number of thioether (sulfide) groups is 1. The highest BCUT2D eigenvalue weighted by Crippen LogP contribution is 2.29. The molecule has 1 fully saturated rings. The molecule has 1 atom stereocenters. The second kappa shape index (κ2) is 6.91. The van der Waals surface area contributed by atoms with E-state index in [2.05, 4.69) is 5.32 Å². The van der Waals surface area contributed by atoms with Crippen LogP contribution in [0.2, 0.25) is 0 Å². The summed E-state index contributed by atoms with van der Waals surface area (Å²) in [5, 5.41) is 12.1. The molecule has 6 nitrogen and oxygen atoms in total. The van der Waals surface area contributed by atoms with Crippen molar-refractivity contribution in [3.63, 3.8) is 0 Å². The standard InChI is InChI=1S/C15H19NO5S/c1-20-11-3-4-12(21-2)10(7-11)8-13(17)16-15(14(18)19)5-6-22-9-15/h3-4,7H,5-6,8-9H2,1-2H3,(H,16,17)(H,18,19). The molecule has 0 bridgehead atoms. The van der Waals surface area contributed by atoms with Crippen LogP contribution in [-0.4, -0.2) is 48.2 Å². The Morgan fingerprint density at radius 2 is 2.14 bits per heavy atom. The number of ether oxygens (including phenoxy) is 2. The van der Waals surface area contributed by atoms with E-state index in [0.717, 1.165) is 5.75 Å². The lowest BCUT2D eigenvalue weighted by molar-refractivity contribution is -0.146. The topological polar surface area (TPSA) is 84.9 Å². The van der Waals surface area contributed by atoms with Crippen molar-refractivity contribution in [2.24, 2.45) is 0 Å². The van der Waals surface area contributed by atoms with Crippen molar-refractivity contribution in [1.29, 1.82) is 0 Å². The highest BCUT2D eigenvalue weighted by molar-refractivity contribution is 7.99. The van der Waals surface area contributed by atoms with E-state index in [0.29, 0.717) is 29.2 Å². The van der Waals surface area contributed by atoms with Crippen LogP contribution in [0.3, 0.4) is 0 Å². The monoisotopic (exact) mass is 325 g/mol.